The Kier molecular flexibility index (Phi) is 4.80. The first-order valence-electron chi connectivity index (χ1n) is 8.16. The number of nitrogens with two attached hydrogens (primary N) is 1. The maximum atomic E-state index is 14.9. The summed E-state index contributed by atoms with van der Waals surface area (Å²) in [4.78, 5) is 13.9. The quantitative estimate of drug-likeness (QED) is 0.855. The average molecular weight is 365 g/mol. The fourth-order valence-electron chi connectivity index (χ4n) is 3.40. The van der Waals surface area contributed by atoms with Gasteiger partial charge in [-0.2, -0.15) is 0 Å². The number of halogens is 3. The maximum absolute atomic E-state index is 14.9. The van der Waals surface area contributed by atoms with Crippen molar-refractivity contribution in [2.75, 3.05) is 11.4 Å². The second-order valence-corrected chi connectivity index (χ2v) is 6.72. The number of anilines is 1. The van der Waals surface area contributed by atoms with Gasteiger partial charge in [-0.15, -0.1) is 0 Å². The van der Waals surface area contributed by atoms with Crippen LogP contribution in [0, 0.1) is 18.6 Å². The second kappa shape index (κ2) is 6.73. The smallest absolute Gasteiger partial charge is 0.227 e. The molecule has 132 valence electrons. The van der Waals surface area contributed by atoms with E-state index in [1.54, 1.807) is 30.9 Å². The van der Waals surface area contributed by atoms with Crippen LogP contribution in [0.2, 0.25) is 5.02 Å². The van der Waals surface area contributed by atoms with Crippen LogP contribution in [0.1, 0.15) is 36.9 Å². The lowest BCUT2D eigenvalue weighted by atomic mass is 9.90. The van der Waals surface area contributed by atoms with E-state index in [-0.39, 0.29) is 16.5 Å². The SMILES string of the molecule is Cc1c(Cl)c(F)c(C(C)N)c(-c2cccc(F)c2)c1N1CCCC1=O. The third-order valence-electron chi connectivity index (χ3n) is 4.53. The molecule has 0 radical (unpaired) electrons. The lowest BCUT2D eigenvalue weighted by Gasteiger charge is -2.27. The van der Waals surface area contributed by atoms with Crippen molar-refractivity contribution in [1.29, 1.82) is 0 Å². The van der Waals surface area contributed by atoms with Crippen LogP contribution in [0.15, 0.2) is 24.3 Å². The van der Waals surface area contributed by atoms with Crippen LogP contribution in [0.4, 0.5) is 14.5 Å². The normalized spacial score (nSPS) is 15.8. The zero-order valence-electron chi connectivity index (χ0n) is 14.1. The molecule has 3 nitrogen and oxygen atoms in total. The molecule has 1 saturated heterocycles. The summed E-state index contributed by atoms with van der Waals surface area (Å²) in [5.74, 6) is -1.12. The van der Waals surface area contributed by atoms with E-state index in [1.165, 1.54) is 12.1 Å². The van der Waals surface area contributed by atoms with Gasteiger partial charge in [0.15, 0.2) is 0 Å². The summed E-state index contributed by atoms with van der Waals surface area (Å²) in [6.45, 7) is 3.82. The van der Waals surface area contributed by atoms with Gasteiger partial charge in [0.1, 0.15) is 11.6 Å². The monoisotopic (exact) mass is 364 g/mol. The largest absolute Gasteiger partial charge is 0.324 e. The Morgan fingerprint density at radius 3 is 2.60 bits per heavy atom. The molecule has 0 bridgehead atoms. The minimum atomic E-state index is -0.673. The standard InChI is InChI=1S/C19H19ClF2N2O/c1-10-17(20)18(22)15(11(2)23)16(12-5-3-6-13(21)9-12)19(10)24-8-4-7-14(24)25/h3,5-6,9,11H,4,7-8,23H2,1-2H3. The molecule has 2 aromatic carbocycles. The molecule has 1 unspecified atom stereocenters. The van der Waals surface area contributed by atoms with Crippen LogP contribution >= 0.6 is 11.6 Å². The predicted molar refractivity (Wildman–Crippen MR) is 95.7 cm³/mol. The summed E-state index contributed by atoms with van der Waals surface area (Å²) in [6.07, 6.45) is 1.13. The van der Waals surface area contributed by atoms with E-state index in [1.807, 2.05) is 0 Å². The average Bonchev–Trinajstić information content (AvgIpc) is 2.97. The van der Waals surface area contributed by atoms with E-state index >= 15 is 0 Å². The van der Waals surface area contributed by atoms with Crippen molar-refractivity contribution >= 4 is 23.2 Å². The van der Waals surface area contributed by atoms with Gasteiger partial charge < -0.3 is 10.6 Å². The van der Waals surface area contributed by atoms with E-state index in [0.29, 0.717) is 41.8 Å². The van der Waals surface area contributed by atoms with Crippen molar-refractivity contribution in [1.82, 2.24) is 0 Å². The zero-order chi connectivity index (χ0) is 18.3. The van der Waals surface area contributed by atoms with Crippen LogP contribution < -0.4 is 10.6 Å². The highest BCUT2D eigenvalue weighted by atomic mass is 35.5. The number of amides is 1. The Labute approximate surface area is 150 Å². The molecule has 1 atom stereocenters. The Balaban J connectivity index is 2.41. The molecule has 1 fully saturated rings. The van der Waals surface area contributed by atoms with Gasteiger partial charge in [0, 0.05) is 30.1 Å². The zero-order valence-corrected chi connectivity index (χ0v) is 14.8. The van der Waals surface area contributed by atoms with Crippen LogP contribution in [0.25, 0.3) is 11.1 Å². The lowest BCUT2D eigenvalue weighted by molar-refractivity contribution is -0.117. The molecule has 1 aliphatic heterocycles. The number of rotatable bonds is 3. The Hall–Kier alpha value is -1.98. The summed E-state index contributed by atoms with van der Waals surface area (Å²) in [6, 6.07) is 5.19. The van der Waals surface area contributed by atoms with Gasteiger partial charge in [-0.25, -0.2) is 8.78 Å². The van der Waals surface area contributed by atoms with E-state index in [4.69, 9.17) is 17.3 Å². The third-order valence-corrected chi connectivity index (χ3v) is 4.98. The van der Waals surface area contributed by atoms with Gasteiger partial charge in [-0.1, -0.05) is 23.7 Å². The molecular weight excluding hydrogens is 346 g/mol. The van der Waals surface area contributed by atoms with Gasteiger partial charge >= 0.3 is 0 Å². The summed E-state index contributed by atoms with van der Waals surface area (Å²) in [7, 11) is 0. The van der Waals surface area contributed by atoms with Gasteiger partial charge in [-0.05, 0) is 43.5 Å². The molecule has 1 amide bonds. The number of benzene rings is 2. The second-order valence-electron chi connectivity index (χ2n) is 6.34. The molecule has 0 spiro atoms. The van der Waals surface area contributed by atoms with Gasteiger partial charge in [-0.3, -0.25) is 4.79 Å². The van der Waals surface area contributed by atoms with Crippen molar-refractivity contribution in [2.45, 2.75) is 32.7 Å². The molecule has 0 aromatic heterocycles. The molecule has 0 aliphatic carbocycles. The van der Waals surface area contributed by atoms with Gasteiger partial charge in [0.25, 0.3) is 0 Å². The first kappa shape index (κ1) is 17.8. The highest BCUT2D eigenvalue weighted by molar-refractivity contribution is 6.32. The maximum Gasteiger partial charge on any atom is 0.227 e. The van der Waals surface area contributed by atoms with Gasteiger partial charge in [0.2, 0.25) is 5.91 Å². The summed E-state index contributed by atoms with van der Waals surface area (Å²) < 4.78 is 28.7. The number of carbonyl (C=O) groups excluding carboxylic acids is 1. The summed E-state index contributed by atoms with van der Waals surface area (Å²) in [5, 5.41) is -0.0536. The molecule has 3 rings (SSSR count). The predicted octanol–water partition coefficient (Wildman–Crippen LogP) is 4.74. The van der Waals surface area contributed by atoms with E-state index in [9.17, 15) is 13.6 Å². The Bertz CT molecular complexity index is 852. The molecule has 2 N–H and O–H groups in total. The van der Waals surface area contributed by atoms with E-state index in [2.05, 4.69) is 0 Å². The third kappa shape index (κ3) is 3.02. The Morgan fingerprint density at radius 1 is 1.32 bits per heavy atom. The molecule has 1 aliphatic rings. The van der Waals surface area contributed by atoms with E-state index < -0.39 is 17.7 Å². The summed E-state index contributed by atoms with van der Waals surface area (Å²) in [5.41, 5.74) is 8.09. The van der Waals surface area contributed by atoms with Crippen molar-refractivity contribution in [3.8, 4) is 11.1 Å². The van der Waals surface area contributed by atoms with E-state index in [0.717, 1.165) is 0 Å². The molecule has 25 heavy (non-hydrogen) atoms. The number of hydrogen-bond donors (Lipinski definition) is 1. The molecule has 0 saturated carbocycles. The van der Waals surface area contributed by atoms with Gasteiger partial charge in [0.05, 0.1) is 10.7 Å². The fourth-order valence-corrected chi connectivity index (χ4v) is 3.59. The Morgan fingerprint density at radius 2 is 2.04 bits per heavy atom. The highest BCUT2D eigenvalue weighted by Gasteiger charge is 2.31. The number of carbonyl (C=O) groups is 1. The topological polar surface area (TPSA) is 46.3 Å². The van der Waals surface area contributed by atoms with Crippen molar-refractivity contribution in [3.05, 3.63) is 52.0 Å². The molecule has 1 heterocycles. The number of nitrogens with zero attached hydrogens (tertiary/aromatic N) is 1. The number of hydrogen-bond acceptors (Lipinski definition) is 2. The van der Waals surface area contributed by atoms with Crippen LogP contribution in [-0.2, 0) is 4.79 Å². The minimum Gasteiger partial charge on any atom is -0.324 e. The van der Waals surface area contributed by atoms with Crippen LogP contribution in [0.3, 0.4) is 0 Å². The highest BCUT2D eigenvalue weighted by Crippen LogP contribution is 2.45. The van der Waals surface area contributed by atoms with Crippen LogP contribution in [-0.4, -0.2) is 12.5 Å². The molecule has 6 heteroatoms. The van der Waals surface area contributed by atoms with Crippen LogP contribution in [0.5, 0.6) is 0 Å². The molecular formula is C19H19ClF2N2O. The lowest BCUT2D eigenvalue weighted by Crippen LogP contribution is -2.27. The molecule has 2 aromatic rings. The van der Waals surface area contributed by atoms with Crippen molar-refractivity contribution in [2.24, 2.45) is 5.73 Å². The van der Waals surface area contributed by atoms with Crippen molar-refractivity contribution < 1.29 is 13.6 Å². The first-order valence-corrected chi connectivity index (χ1v) is 8.54. The van der Waals surface area contributed by atoms with Crippen molar-refractivity contribution in [3.63, 3.8) is 0 Å². The summed E-state index contributed by atoms with van der Waals surface area (Å²) >= 11 is 6.21. The minimum absolute atomic E-state index is 0.0536. The first-order chi connectivity index (χ1) is 11.8. The fraction of sp³-hybridized carbons (Fsp3) is 0.316.